The summed E-state index contributed by atoms with van der Waals surface area (Å²) in [6.45, 7) is 1.71. The van der Waals surface area contributed by atoms with Gasteiger partial charge in [-0.05, 0) is 36.8 Å². The summed E-state index contributed by atoms with van der Waals surface area (Å²) in [4.78, 5) is 11.8. The molecule has 0 aliphatic heterocycles. The maximum Gasteiger partial charge on any atom is 0.261 e. The largest absolute Gasteiger partial charge is 0.355 e. The fourth-order valence-corrected chi connectivity index (χ4v) is 3.70. The van der Waals surface area contributed by atoms with Crippen LogP contribution in [-0.2, 0) is 10.0 Å². The first-order chi connectivity index (χ1) is 11.2. The minimum Gasteiger partial charge on any atom is -0.355 e. The SMILES string of the molecule is CNC(=O)c1cc(S(=O)(=O)Nc2cc(Cl)c(Cl)cc2Cl)ccc1C. The van der Waals surface area contributed by atoms with Crippen molar-refractivity contribution >= 4 is 56.4 Å². The Hall–Kier alpha value is -1.47. The topological polar surface area (TPSA) is 75.3 Å². The molecule has 0 saturated heterocycles. The number of aryl methyl sites for hydroxylation is 1. The minimum absolute atomic E-state index is 0.0751. The van der Waals surface area contributed by atoms with E-state index >= 15 is 0 Å². The van der Waals surface area contributed by atoms with Crippen LogP contribution in [0, 0.1) is 6.92 Å². The average Bonchev–Trinajstić information content (AvgIpc) is 2.52. The fraction of sp³-hybridized carbons (Fsp3) is 0.133. The van der Waals surface area contributed by atoms with Gasteiger partial charge in [0, 0.05) is 12.6 Å². The Morgan fingerprint density at radius 3 is 2.25 bits per heavy atom. The molecule has 2 aromatic carbocycles. The molecular weight excluding hydrogens is 395 g/mol. The van der Waals surface area contributed by atoms with Crippen LogP contribution in [0.1, 0.15) is 15.9 Å². The zero-order chi connectivity index (χ0) is 18.1. The summed E-state index contributed by atoms with van der Waals surface area (Å²) in [5, 5.41) is 2.94. The predicted octanol–water partition coefficient (Wildman–Crippen LogP) is 4.12. The Balaban J connectivity index is 2.45. The minimum atomic E-state index is -3.96. The molecule has 2 N–H and O–H groups in total. The number of halogens is 3. The van der Waals surface area contributed by atoms with Crippen molar-refractivity contribution in [1.82, 2.24) is 5.32 Å². The van der Waals surface area contributed by atoms with Crippen LogP contribution in [0.4, 0.5) is 5.69 Å². The molecular formula is C15H13Cl3N2O3S. The molecule has 0 aromatic heterocycles. The molecule has 0 aliphatic rings. The number of anilines is 1. The second-order valence-electron chi connectivity index (χ2n) is 4.91. The van der Waals surface area contributed by atoms with Gasteiger partial charge in [-0.15, -0.1) is 0 Å². The average molecular weight is 408 g/mol. The molecule has 0 saturated carbocycles. The molecule has 9 heteroatoms. The van der Waals surface area contributed by atoms with Gasteiger partial charge in [0.1, 0.15) is 0 Å². The number of hydrogen-bond donors (Lipinski definition) is 2. The molecule has 24 heavy (non-hydrogen) atoms. The summed E-state index contributed by atoms with van der Waals surface area (Å²) < 4.78 is 27.4. The lowest BCUT2D eigenvalue weighted by molar-refractivity contribution is 0.0962. The summed E-state index contributed by atoms with van der Waals surface area (Å²) in [7, 11) is -2.49. The third kappa shape index (κ3) is 3.95. The zero-order valence-electron chi connectivity index (χ0n) is 12.7. The number of rotatable bonds is 4. The van der Waals surface area contributed by atoms with Gasteiger partial charge in [-0.3, -0.25) is 9.52 Å². The standard InChI is InChI=1S/C15H13Cl3N2O3S/c1-8-3-4-9(5-10(8)15(21)19-2)24(22,23)20-14-7-12(17)11(16)6-13(14)18/h3-7,20H,1-2H3,(H,19,21). The number of carbonyl (C=O) groups is 1. The van der Waals surface area contributed by atoms with Crippen LogP contribution in [0.2, 0.25) is 15.1 Å². The number of benzene rings is 2. The molecule has 1 amide bonds. The Morgan fingerprint density at radius 1 is 1.00 bits per heavy atom. The summed E-state index contributed by atoms with van der Waals surface area (Å²) in [6, 6.07) is 6.90. The van der Waals surface area contributed by atoms with Gasteiger partial charge in [-0.25, -0.2) is 8.42 Å². The Bertz CT molecular complexity index is 914. The lowest BCUT2D eigenvalue weighted by atomic mass is 10.1. The smallest absolute Gasteiger partial charge is 0.261 e. The van der Waals surface area contributed by atoms with Crippen molar-refractivity contribution in [3.8, 4) is 0 Å². The first-order valence-electron chi connectivity index (χ1n) is 6.66. The van der Waals surface area contributed by atoms with Gasteiger partial charge < -0.3 is 5.32 Å². The quantitative estimate of drug-likeness (QED) is 0.749. The predicted molar refractivity (Wildman–Crippen MR) is 96.8 cm³/mol. The molecule has 0 spiro atoms. The molecule has 5 nitrogen and oxygen atoms in total. The highest BCUT2D eigenvalue weighted by atomic mass is 35.5. The van der Waals surface area contributed by atoms with E-state index in [0.717, 1.165) is 0 Å². The summed E-state index contributed by atoms with van der Waals surface area (Å²) in [5.74, 6) is -0.378. The highest BCUT2D eigenvalue weighted by Gasteiger charge is 2.19. The van der Waals surface area contributed by atoms with Gasteiger partial charge in [0.15, 0.2) is 0 Å². The lowest BCUT2D eigenvalue weighted by Crippen LogP contribution is -2.20. The van der Waals surface area contributed by atoms with Crippen LogP contribution in [0.25, 0.3) is 0 Å². The van der Waals surface area contributed by atoms with Gasteiger partial charge in [-0.1, -0.05) is 40.9 Å². The van der Waals surface area contributed by atoms with Gasteiger partial charge >= 0.3 is 0 Å². The van der Waals surface area contributed by atoms with Crippen molar-refractivity contribution < 1.29 is 13.2 Å². The number of carbonyl (C=O) groups excluding carboxylic acids is 1. The lowest BCUT2D eigenvalue weighted by Gasteiger charge is -2.12. The molecule has 0 atom stereocenters. The van der Waals surface area contributed by atoms with Crippen LogP contribution in [-0.4, -0.2) is 21.4 Å². The van der Waals surface area contributed by atoms with Crippen molar-refractivity contribution in [2.75, 3.05) is 11.8 Å². The van der Waals surface area contributed by atoms with Crippen molar-refractivity contribution in [2.24, 2.45) is 0 Å². The van der Waals surface area contributed by atoms with E-state index in [9.17, 15) is 13.2 Å². The summed E-state index contributed by atoms with van der Waals surface area (Å²) in [6.07, 6.45) is 0. The fourth-order valence-electron chi connectivity index (χ4n) is 1.95. The molecule has 0 aliphatic carbocycles. The molecule has 2 rings (SSSR count). The van der Waals surface area contributed by atoms with E-state index in [1.807, 2.05) is 0 Å². The zero-order valence-corrected chi connectivity index (χ0v) is 15.7. The molecule has 0 bridgehead atoms. The maximum absolute atomic E-state index is 12.5. The molecule has 0 heterocycles. The third-order valence-electron chi connectivity index (χ3n) is 3.25. The second kappa shape index (κ2) is 7.19. The van der Waals surface area contributed by atoms with Crippen LogP contribution in [0.15, 0.2) is 35.2 Å². The van der Waals surface area contributed by atoms with Crippen molar-refractivity contribution in [3.63, 3.8) is 0 Å². The number of sulfonamides is 1. The van der Waals surface area contributed by atoms with Gasteiger partial charge in [0.2, 0.25) is 0 Å². The van der Waals surface area contributed by atoms with Crippen LogP contribution < -0.4 is 10.0 Å². The summed E-state index contributed by atoms with van der Waals surface area (Å²) >= 11 is 17.7. The first-order valence-corrected chi connectivity index (χ1v) is 9.27. The molecule has 0 fully saturated rings. The van der Waals surface area contributed by atoms with E-state index in [1.165, 1.54) is 31.3 Å². The molecule has 0 unspecified atom stereocenters. The van der Waals surface area contributed by atoms with Crippen molar-refractivity contribution in [1.29, 1.82) is 0 Å². The highest BCUT2D eigenvalue weighted by Crippen LogP contribution is 2.33. The van der Waals surface area contributed by atoms with Crippen molar-refractivity contribution in [2.45, 2.75) is 11.8 Å². The van der Waals surface area contributed by atoms with Crippen LogP contribution in [0.5, 0.6) is 0 Å². The number of hydrogen-bond acceptors (Lipinski definition) is 3. The first kappa shape index (κ1) is 18.9. The maximum atomic E-state index is 12.5. The highest BCUT2D eigenvalue weighted by molar-refractivity contribution is 7.92. The Kier molecular flexibility index (Phi) is 5.65. The normalized spacial score (nSPS) is 11.2. The van der Waals surface area contributed by atoms with E-state index < -0.39 is 10.0 Å². The van der Waals surface area contributed by atoms with Crippen LogP contribution in [0.3, 0.4) is 0 Å². The van der Waals surface area contributed by atoms with Gasteiger partial charge in [0.25, 0.3) is 15.9 Å². The monoisotopic (exact) mass is 406 g/mol. The van der Waals surface area contributed by atoms with E-state index in [-0.39, 0.29) is 37.1 Å². The molecule has 0 radical (unpaired) electrons. The number of nitrogens with one attached hydrogen (secondary N) is 2. The summed E-state index contributed by atoms with van der Waals surface area (Å²) in [5.41, 5.74) is 1.01. The Labute approximate surface area is 155 Å². The van der Waals surface area contributed by atoms with Crippen molar-refractivity contribution in [3.05, 3.63) is 56.5 Å². The van der Waals surface area contributed by atoms with Crippen LogP contribution >= 0.6 is 34.8 Å². The van der Waals surface area contributed by atoms with E-state index in [0.29, 0.717) is 5.56 Å². The van der Waals surface area contributed by atoms with E-state index in [4.69, 9.17) is 34.8 Å². The van der Waals surface area contributed by atoms with Gasteiger partial charge in [-0.2, -0.15) is 0 Å². The Morgan fingerprint density at radius 2 is 1.62 bits per heavy atom. The molecule has 128 valence electrons. The molecule has 2 aromatic rings. The second-order valence-corrected chi connectivity index (χ2v) is 7.81. The van der Waals surface area contributed by atoms with E-state index in [2.05, 4.69) is 10.0 Å². The third-order valence-corrected chi connectivity index (χ3v) is 5.64. The van der Waals surface area contributed by atoms with Gasteiger partial charge in [0.05, 0.1) is 25.7 Å². The number of amides is 1. The van der Waals surface area contributed by atoms with E-state index in [1.54, 1.807) is 13.0 Å².